The maximum atomic E-state index is 9.26. The molecule has 0 saturated carbocycles. The van der Waals surface area contributed by atoms with Crippen molar-refractivity contribution in [3.8, 4) is 0 Å². The lowest BCUT2D eigenvalue weighted by molar-refractivity contribution is -0.0916. The highest BCUT2D eigenvalue weighted by Crippen LogP contribution is 2.03. The zero-order valence-electron chi connectivity index (χ0n) is 7.04. The van der Waals surface area contributed by atoms with E-state index in [4.69, 9.17) is 26.3 Å². The smallest absolute Gasteiger partial charge is 0.110 e. The second kappa shape index (κ2) is 6.22. The standard InChI is InChI=1S/C6H16N2O5/c7-8-3(1-9)5(12)6(13)4(11)2-10/h3-6,8-13H,1-2,7H2/t3-,4-,5+,6-/m1/s1. The van der Waals surface area contributed by atoms with Crippen molar-refractivity contribution in [2.75, 3.05) is 13.2 Å². The van der Waals surface area contributed by atoms with Gasteiger partial charge in [0, 0.05) is 0 Å². The van der Waals surface area contributed by atoms with Gasteiger partial charge >= 0.3 is 0 Å². The highest BCUT2D eigenvalue weighted by molar-refractivity contribution is 4.83. The highest BCUT2D eigenvalue weighted by Gasteiger charge is 2.29. The zero-order chi connectivity index (χ0) is 10.4. The predicted octanol–water partition coefficient (Wildman–Crippen LogP) is -4.11. The molecule has 0 unspecified atom stereocenters. The summed E-state index contributed by atoms with van der Waals surface area (Å²) in [6.45, 7) is -1.17. The maximum Gasteiger partial charge on any atom is 0.110 e. The summed E-state index contributed by atoms with van der Waals surface area (Å²) in [7, 11) is 0. The van der Waals surface area contributed by atoms with Gasteiger partial charge in [-0.25, -0.2) is 0 Å². The van der Waals surface area contributed by atoms with Crippen LogP contribution in [0, 0.1) is 0 Å². The van der Waals surface area contributed by atoms with Crippen molar-refractivity contribution < 1.29 is 25.5 Å². The molecule has 0 bridgehead atoms. The van der Waals surface area contributed by atoms with Crippen LogP contribution in [0.1, 0.15) is 0 Å². The molecule has 0 aliphatic rings. The third-order valence-corrected chi connectivity index (χ3v) is 1.75. The summed E-state index contributed by atoms with van der Waals surface area (Å²) in [6, 6.07) is -0.948. The average molecular weight is 196 g/mol. The summed E-state index contributed by atoms with van der Waals surface area (Å²) in [4.78, 5) is 0. The van der Waals surface area contributed by atoms with E-state index in [1.807, 2.05) is 0 Å². The van der Waals surface area contributed by atoms with Gasteiger partial charge in [0.05, 0.1) is 19.3 Å². The molecule has 7 heteroatoms. The Balaban J connectivity index is 4.13. The first-order valence-electron chi connectivity index (χ1n) is 3.80. The van der Waals surface area contributed by atoms with E-state index in [-0.39, 0.29) is 0 Å². The largest absolute Gasteiger partial charge is 0.395 e. The quantitative estimate of drug-likeness (QED) is 0.169. The van der Waals surface area contributed by atoms with E-state index in [1.165, 1.54) is 0 Å². The van der Waals surface area contributed by atoms with E-state index < -0.39 is 37.6 Å². The molecule has 0 radical (unpaired) electrons. The minimum Gasteiger partial charge on any atom is -0.395 e. The van der Waals surface area contributed by atoms with Crippen LogP contribution in [-0.4, -0.2) is 63.1 Å². The number of hydrogen-bond acceptors (Lipinski definition) is 7. The van der Waals surface area contributed by atoms with Crippen molar-refractivity contribution in [1.29, 1.82) is 0 Å². The number of hydrazine groups is 1. The number of rotatable bonds is 6. The lowest BCUT2D eigenvalue weighted by atomic mass is 10.0. The van der Waals surface area contributed by atoms with Gasteiger partial charge < -0.3 is 25.5 Å². The summed E-state index contributed by atoms with van der Waals surface area (Å²) >= 11 is 0. The Morgan fingerprint density at radius 1 is 1.00 bits per heavy atom. The van der Waals surface area contributed by atoms with Gasteiger partial charge in [0.15, 0.2) is 0 Å². The number of aliphatic hydroxyl groups excluding tert-OH is 5. The van der Waals surface area contributed by atoms with Crippen LogP contribution >= 0.6 is 0 Å². The van der Waals surface area contributed by atoms with Gasteiger partial charge in [-0.2, -0.15) is 0 Å². The molecule has 8 N–H and O–H groups in total. The van der Waals surface area contributed by atoms with Gasteiger partial charge in [-0.05, 0) is 0 Å². The molecule has 0 heterocycles. The Morgan fingerprint density at radius 2 is 1.54 bits per heavy atom. The van der Waals surface area contributed by atoms with E-state index in [0.717, 1.165) is 0 Å². The average Bonchev–Trinajstić information content (AvgIpc) is 2.17. The van der Waals surface area contributed by atoms with Crippen LogP contribution in [-0.2, 0) is 0 Å². The fourth-order valence-electron chi connectivity index (χ4n) is 0.833. The molecule has 0 aromatic heterocycles. The Labute approximate surface area is 75.4 Å². The minimum atomic E-state index is -1.56. The molecule has 13 heavy (non-hydrogen) atoms. The monoisotopic (exact) mass is 196 g/mol. The van der Waals surface area contributed by atoms with Crippen molar-refractivity contribution in [3.63, 3.8) is 0 Å². The minimum absolute atomic E-state index is 0.493. The van der Waals surface area contributed by atoms with Crippen molar-refractivity contribution >= 4 is 0 Å². The lowest BCUT2D eigenvalue weighted by Gasteiger charge is -2.26. The highest BCUT2D eigenvalue weighted by atomic mass is 16.4. The molecule has 0 saturated heterocycles. The Morgan fingerprint density at radius 3 is 1.85 bits per heavy atom. The topological polar surface area (TPSA) is 139 Å². The Kier molecular flexibility index (Phi) is 6.08. The number of nitrogens with two attached hydrogens (primary N) is 1. The third kappa shape index (κ3) is 3.53. The summed E-state index contributed by atoms with van der Waals surface area (Å²) < 4.78 is 0. The zero-order valence-corrected chi connectivity index (χ0v) is 7.04. The van der Waals surface area contributed by atoms with E-state index in [1.54, 1.807) is 0 Å². The molecule has 0 aliphatic heterocycles. The normalized spacial score (nSPS) is 20.8. The molecule has 0 aromatic carbocycles. The van der Waals surface area contributed by atoms with Crippen LogP contribution in [0.3, 0.4) is 0 Å². The van der Waals surface area contributed by atoms with Gasteiger partial charge in [0.25, 0.3) is 0 Å². The van der Waals surface area contributed by atoms with Crippen LogP contribution < -0.4 is 11.3 Å². The molecule has 4 atom stereocenters. The van der Waals surface area contributed by atoms with Crippen LogP contribution in [0.25, 0.3) is 0 Å². The molecule has 0 spiro atoms. The first-order valence-corrected chi connectivity index (χ1v) is 3.80. The van der Waals surface area contributed by atoms with Crippen LogP contribution in [0.15, 0.2) is 0 Å². The molecular formula is C6H16N2O5. The second-order valence-corrected chi connectivity index (χ2v) is 2.69. The molecule has 7 nitrogen and oxygen atoms in total. The number of aliphatic hydroxyl groups is 5. The summed E-state index contributed by atoms with van der Waals surface area (Å²) in [5.74, 6) is 4.94. The van der Waals surface area contributed by atoms with Gasteiger partial charge in [0.1, 0.15) is 18.3 Å². The fourth-order valence-corrected chi connectivity index (χ4v) is 0.833. The molecule has 80 valence electrons. The van der Waals surface area contributed by atoms with Crippen molar-refractivity contribution in [1.82, 2.24) is 5.43 Å². The molecule has 0 rings (SSSR count). The molecule has 0 aromatic rings. The van der Waals surface area contributed by atoms with Gasteiger partial charge in [0.2, 0.25) is 0 Å². The van der Waals surface area contributed by atoms with Crippen LogP contribution in [0.4, 0.5) is 0 Å². The second-order valence-electron chi connectivity index (χ2n) is 2.69. The fraction of sp³-hybridized carbons (Fsp3) is 1.00. The van der Waals surface area contributed by atoms with Crippen molar-refractivity contribution in [2.45, 2.75) is 24.4 Å². The van der Waals surface area contributed by atoms with Gasteiger partial charge in [-0.15, -0.1) is 0 Å². The predicted molar refractivity (Wildman–Crippen MR) is 43.3 cm³/mol. The van der Waals surface area contributed by atoms with Crippen molar-refractivity contribution in [3.05, 3.63) is 0 Å². The van der Waals surface area contributed by atoms with E-state index in [0.29, 0.717) is 0 Å². The molecule has 0 fully saturated rings. The van der Waals surface area contributed by atoms with Crippen LogP contribution in [0.5, 0.6) is 0 Å². The first-order chi connectivity index (χ1) is 6.08. The summed E-state index contributed by atoms with van der Waals surface area (Å²) in [5.41, 5.74) is 2.06. The van der Waals surface area contributed by atoms with E-state index in [2.05, 4.69) is 5.43 Å². The Hall–Kier alpha value is -0.280. The lowest BCUT2D eigenvalue weighted by Crippen LogP contribution is -2.54. The van der Waals surface area contributed by atoms with Gasteiger partial charge in [-0.3, -0.25) is 11.3 Å². The van der Waals surface area contributed by atoms with E-state index in [9.17, 15) is 5.11 Å². The summed E-state index contributed by atoms with van der Waals surface area (Å²) in [6.07, 6.45) is -4.47. The summed E-state index contributed by atoms with van der Waals surface area (Å²) in [5, 5.41) is 44.4. The number of hydrogen-bond donors (Lipinski definition) is 7. The van der Waals surface area contributed by atoms with Gasteiger partial charge in [-0.1, -0.05) is 0 Å². The Bertz CT molecular complexity index is 132. The maximum absolute atomic E-state index is 9.26. The SMILES string of the molecule is NN[C@H](CO)[C@H](O)[C@H](O)[C@H](O)CO. The molecular weight excluding hydrogens is 180 g/mol. The number of nitrogens with one attached hydrogen (secondary N) is 1. The molecule has 0 amide bonds. The van der Waals surface area contributed by atoms with Crippen LogP contribution in [0.2, 0.25) is 0 Å². The molecule has 0 aliphatic carbocycles. The first kappa shape index (κ1) is 12.7. The third-order valence-electron chi connectivity index (χ3n) is 1.75. The van der Waals surface area contributed by atoms with E-state index >= 15 is 0 Å². The van der Waals surface area contributed by atoms with Crippen molar-refractivity contribution in [2.24, 2.45) is 5.84 Å².